The van der Waals surface area contributed by atoms with Crippen LogP contribution in [-0.4, -0.2) is 41.0 Å². The van der Waals surface area contributed by atoms with E-state index in [1.807, 2.05) is 0 Å². The van der Waals surface area contributed by atoms with Crippen LogP contribution in [0.3, 0.4) is 0 Å². The minimum absolute atomic E-state index is 0.210. The number of phosphoric ester groups is 1. The number of unbranched alkanes of at least 4 members (excludes halogenated alkanes) is 34. The third-order valence-corrected chi connectivity index (χ3v) is 12.0. The van der Waals surface area contributed by atoms with Crippen LogP contribution in [0.5, 0.6) is 0 Å². The van der Waals surface area contributed by atoms with Gasteiger partial charge in [-0.1, -0.05) is 237 Å². The van der Waals surface area contributed by atoms with Crippen LogP contribution in [0.15, 0.2) is 24.3 Å². The first-order valence-corrected chi connectivity index (χ1v) is 27.2. The average molecular weight is 869 g/mol. The summed E-state index contributed by atoms with van der Waals surface area (Å²) in [6.45, 7) is 3.71. The van der Waals surface area contributed by atoms with Gasteiger partial charge < -0.3 is 19.3 Å². The number of esters is 2. The van der Waals surface area contributed by atoms with Gasteiger partial charge in [0.2, 0.25) is 0 Å². The molecule has 0 saturated carbocycles. The average Bonchev–Trinajstić information content (AvgIpc) is 3.22. The number of hydrogen-bond acceptors (Lipinski definition) is 6. The van der Waals surface area contributed by atoms with Crippen LogP contribution >= 0.6 is 7.82 Å². The number of carbonyl (C=O) groups excluding carboxylic acids is 2. The molecule has 354 valence electrons. The van der Waals surface area contributed by atoms with Crippen LogP contribution in [-0.2, 0) is 28.2 Å². The molecular weight excluding hydrogens is 772 g/mol. The van der Waals surface area contributed by atoms with Crippen molar-refractivity contribution in [3.63, 3.8) is 0 Å². The predicted octanol–water partition coefficient (Wildman–Crippen LogP) is 16.3. The van der Waals surface area contributed by atoms with Crippen molar-refractivity contribution in [3.8, 4) is 0 Å². The summed E-state index contributed by atoms with van der Waals surface area (Å²) in [6.07, 6.45) is 56.3. The number of hydrogen-bond donors (Lipinski definition) is 2. The van der Waals surface area contributed by atoms with Crippen molar-refractivity contribution in [1.82, 2.24) is 0 Å². The Bertz CT molecular complexity index is 1020. The summed E-state index contributed by atoms with van der Waals surface area (Å²) in [5.41, 5.74) is 0. The Morgan fingerprint density at radius 3 is 1.13 bits per heavy atom. The highest BCUT2D eigenvalue weighted by atomic mass is 31.2. The Labute approximate surface area is 370 Å². The van der Waals surface area contributed by atoms with E-state index in [0.717, 1.165) is 51.4 Å². The standard InChI is InChI=1S/C51H97O8P/c1-3-5-7-9-11-13-15-17-19-21-23-24-25-26-28-29-31-33-35-37-39-41-43-45-50(52)57-47-49(48-58-60(54,55)56)59-51(53)46-44-42-40-38-36-34-32-30-27-22-20-18-16-14-12-10-8-6-4-2/h12,14,18,20,49H,3-11,13,15-17,19,21-48H2,1-2H3,(H2,54,55,56)/b14-12-,20-18-. The van der Waals surface area contributed by atoms with Gasteiger partial charge in [-0.05, 0) is 44.9 Å². The van der Waals surface area contributed by atoms with Crippen molar-refractivity contribution < 1.29 is 37.9 Å². The third-order valence-electron chi connectivity index (χ3n) is 11.5. The van der Waals surface area contributed by atoms with Gasteiger partial charge in [0.1, 0.15) is 6.61 Å². The molecule has 0 radical (unpaired) electrons. The molecule has 0 aliphatic rings. The van der Waals surface area contributed by atoms with Gasteiger partial charge in [-0.25, -0.2) is 4.57 Å². The number of ether oxygens (including phenoxy) is 2. The molecule has 0 saturated heterocycles. The van der Waals surface area contributed by atoms with E-state index < -0.39 is 32.5 Å². The Balaban J connectivity index is 3.78. The molecule has 9 heteroatoms. The molecule has 0 fully saturated rings. The quantitative estimate of drug-likeness (QED) is 0.0269. The molecule has 0 spiro atoms. The zero-order valence-corrected chi connectivity index (χ0v) is 40.3. The largest absolute Gasteiger partial charge is 0.469 e. The lowest BCUT2D eigenvalue weighted by molar-refractivity contribution is -0.161. The van der Waals surface area contributed by atoms with Crippen molar-refractivity contribution >= 4 is 19.8 Å². The number of carbonyl (C=O) groups is 2. The maximum atomic E-state index is 12.5. The lowest BCUT2D eigenvalue weighted by Crippen LogP contribution is -2.29. The third kappa shape index (κ3) is 49.2. The molecule has 0 bridgehead atoms. The van der Waals surface area contributed by atoms with Crippen molar-refractivity contribution in [2.24, 2.45) is 0 Å². The summed E-state index contributed by atoms with van der Waals surface area (Å²) < 4.78 is 26.5. The lowest BCUT2D eigenvalue weighted by Gasteiger charge is -2.18. The maximum absolute atomic E-state index is 12.5. The molecule has 0 aromatic carbocycles. The fourth-order valence-corrected chi connectivity index (χ4v) is 8.00. The zero-order chi connectivity index (χ0) is 43.9. The minimum atomic E-state index is -4.76. The molecule has 0 aliphatic carbocycles. The molecule has 0 aromatic heterocycles. The highest BCUT2D eigenvalue weighted by Crippen LogP contribution is 2.36. The van der Waals surface area contributed by atoms with E-state index in [-0.39, 0.29) is 19.4 Å². The second kappa shape index (κ2) is 47.0. The molecular formula is C51H97O8P. The van der Waals surface area contributed by atoms with Gasteiger partial charge in [-0.15, -0.1) is 0 Å². The van der Waals surface area contributed by atoms with Gasteiger partial charge in [0.25, 0.3) is 0 Å². The van der Waals surface area contributed by atoms with Gasteiger partial charge in [0.15, 0.2) is 6.10 Å². The molecule has 0 amide bonds. The zero-order valence-electron chi connectivity index (χ0n) is 39.4. The van der Waals surface area contributed by atoms with Gasteiger partial charge >= 0.3 is 19.8 Å². The highest BCUT2D eigenvalue weighted by molar-refractivity contribution is 7.46. The topological polar surface area (TPSA) is 119 Å². The van der Waals surface area contributed by atoms with Crippen LogP contribution in [0.2, 0.25) is 0 Å². The van der Waals surface area contributed by atoms with E-state index in [4.69, 9.17) is 19.3 Å². The highest BCUT2D eigenvalue weighted by Gasteiger charge is 2.23. The predicted molar refractivity (Wildman–Crippen MR) is 253 cm³/mol. The molecule has 0 rings (SSSR count). The molecule has 0 aromatic rings. The van der Waals surface area contributed by atoms with E-state index in [1.54, 1.807) is 0 Å². The van der Waals surface area contributed by atoms with Crippen LogP contribution in [0.25, 0.3) is 0 Å². The van der Waals surface area contributed by atoms with Crippen LogP contribution in [0, 0.1) is 0 Å². The first-order valence-electron chi connectivity index (χ1n) is 25.6. The van der Waals surface area contributed by atoms with Crippen molar-refractivity contribution in [2.45, 2.75) is 277 Å². The van der Waals surface area contributed by atoms with E-state index in [0.29, 0.717) is 6.42 Å². The first-order chi connectivity index (χ1) is 29.3. The Morgan fingerprint density at radius 1 is 0.433 bits per heavy atom. The van der Waals surface area contributed by atoms with Crippen LogP contribution in [0.4, 0.5) is 0 Å². The fourth-order valence-electron chi connectivity index (χ4n) is 7.64. The first kappa shape index (κ1) is 58.5. The Kier molecular flexibility index (Phi) is 45.9. The number of rotatable bonds is 48. The molecule has 0 aliphatic heterocycles. The Hall–Kier alpha value is -1.47. The normalized spacial score (nSPS) is 12.5. The summed E-state index contributed by atoms with van der Waals surface area (Å²) in [4.78, 5) is 43.1. The Morgan fingerprint density at radius 2 is 0.750 bits per heavy atom. The van der Waals surface area contributed by atoms with Crippen molar-refractivity contribution in [3.05, 3.63) is 24.3 Å². The monoisotopic (exact) mass is 869 g/mol. The lowest BCUT2D eigenvalue weighted by atomic mass is 10.0. The fraction of sp³-hybridized carbons (Fsp3) is 0.882. The minimum Gasteiger partial charge on any atom is -0.462 e. The molecule has 1 unspecified atom stereocenters. The summed E-state index contributed by atoms with van der Waals surface area (Å²) in [5, 5.41) is 0. The van der Waals surface area contributed by atoms with Crippen LogP contribution < -0.4 is 0 Å². The second-order valence-electron chi connectivity index (χ2n) is 17.5. The summed E-state index contributed by atoms with van der Waals surface area (Å²) >= 11 is 0. The smallest absolute Gasteiger partial charge is 0.462 e. The maximum Gasteiger partial charge on any atom is 0.469 e. The molecule has 8 nitrogen and oxygen atoms in total. The second-order valence-corrected chi connectivity index (χ2v) is 18.7. The van der Waals surface area contributed by atoms with Crippen LogP contribution in [0.1, 0.15) is 271 Å². The van der Waals surface area contributed by atoms with E-state index >= 15 is 0 Å². The van der Waals surface area contributed by atoms with Gasteiger partial charge in [0.05, 0.1) is 6.61 Å². The van der Waals surface area contributed by atoms with Gasteiger partial charge in [-0.3, -0.25) is 14.1 Å². The summed E-state index contributed by atoms with van der Waals surface area (Å²) in [7, 11) is -4.76. The molecule has 1 atom stereocenters. The number of allylic oxidation sites excluding steroid dienone is 4. The van der Waals surface area contributed by atoms with E-state index in [2.05, 4.69) is 42.7 Å². The van der Waals surface area contributed by atoms with Gasteiger partial charge in [-0.2, -0.15) is 0 Å². The summed E-state index contributed by atoms with van der Waals surface area (Å²) in [5.74, 6) is -0.874. The van der Waals surface area contributed by atoms with Gasteiger partial charge in [0, 0.05) is 12.8 Å². The molecule has 0 heterocycles. The van der Waals surface area contributed by atoms with E-state index in [1.165, 1.54) is 186 Å². The summed E-state index contributed by atoms with van der Waals surface area (Å²) in [6, 6.07) is 0. The van der Waals surface area contributed by atoms with E-state index in [9.17, 15) is 14.2 Å². The number of phosphoric acid groups is 1. The SMILES string of the molecule is CCCCC/C=C\C/C=C\CCCCCCCCCCCC(=O)OC(COC(=O)CCCCCCCCCCCCCCCCCCCCCCCCC)COP(=O)(O)O. The van der Waals surface area contributed by atoms with Crippen molar-refractivity contribution in [2.75, 3.05) is 13.2 Å². The molecule has 60 heavy (non-hydrogen) atoms. The van der Waals surface area contributed by atoms with Crippen molar-refractivity contribution in [1.29, 1.82) is 0 Å². The molecule has 2 N–H and O–H groups in total.